The Morgan fingerprint density at radius 2 is 0.584 bits per heavy atom. The van der Waals surface area contributed by atoms with Gasteiger partial charge in [-0.3, -0.25) is 9.59 Å². The second-order valence-corrected chi connectivity index (χ2v) is 44.3. The molecule has 1 aliphatic carbocycles. The molecule has 0 radical (unpaired) electrons. The van der Waals surface area contributed by atoms with Gasteiger partial charge in [-0.1, -0.05) is 276 Å². The maximum atomic E-state index is 14.2. The topological polar surface area (TPSA) is 89.6 Å². The Hall–Kier alpha value is -8.98. The van der Waals surface area contributed by atoms with Gasteiger partial charge in [0, 0.05) is 53.4 Å². The minimum atomic E-state index is -0.683. The number of nitrogen functional groups attached to an aromatic ring is 1. The molecule has 0 unspecified atom stereocenters. The van der Waals surface area contributed by atoms with E-state index < -0.39 is 79.8 Å². The van der Waals surface area contributed by atoms with E-state index in [-0.39, 0.29) is 92.7 Å². The van der Waals surface area contributed by atoms with E-state index in [1.807, 2.05) is 189 Å². The Bertz CT molecular complexity index is 5990. The monoisotopic (exact) mass is 2050 g/mol. The minimum Gasteiger partial charge on any atom is -0.497 e. The number of Topliss-reactive ketones (excluding diaryl/α,β-unsaturated/α-hetero) is 2. The van der Waals surface area contributed by atoms with Gasteiger partial charge in [-0.15, -0.1) is 0 Å². The van der Waals surface area contributed by atoms with E-state index in [4.69, 9.17) is 108 Å². The number of aliphatic hydroxyl groups excluding tert-OH is 1. The number of rotatable bonds is 13. The Balaban J connectivity index is 0.000000218. The normalized spacial score (nSPS) is 12.3. The van der Waals surface area contributed by atoms with Crippen molar-refractivity contribution in [1.29, 1.82) is 0 Å². The van der Waals surface area contributed by atoms with Gasteiger partial charge in [0.2, 0.25) is 0 Å². The van der Waals surface area contributed by atoms with E-state index in [2.05, 4.69) is 0 Å². The zero-order valence-electron chi connectivity index (χ0n) is 81.2. The SMILES string of the molecule is CC(C)(C)c1cc(-c2cc(F)cc(Cl)c2)cc(Cl)c1F.CC(C)(C)c1cc(-c2cc(F)cc(F)c2)cc(Cl)c1F.CC(C)(C)c1cc(-c2ccc(N)cc2)cc(Cl)c1F.CC(C)(C)c1cc(C(=O)CC2CCC2)cc(Cl)c1F.CC(C)(C)c1cc(C(=O)CCCO)cc(Cl)c1F.COc1cc(F)cc(-c2cc(Cl)c(F)c(C(C)(C)C)c2)c1.Cc1cc(F)cc(-c2cc(Cl)c(F)c(C(C)(C)C)c2)c1. The van der Waals surface area contributed by atoms with Crippen molar-refractivity contribution in [3.05, 3.63) is 348 Å². The molecule has 0 aliphatic heterocycles. The summed E-state index contributed by atoms with van der Waals surface area (Å²) in [6, 6.07) is 46.1. The van der Waals surface area contributed by atoms with Crippen molar-refractivity contribution >= 4 is 110 Å². The first-order valence-corrected chi connectivity index (χ1v) is 47.2. The molecule has 734 valence electrons. The fourth-order valence-corrected chi connectivity index (χ4v) is 16.2. The number of carbonyl (C=O) groups excluding carboxylic acids is 2. The zero-order chi connectivity index (χ0) is 103. The van der Waals surface area contributed by atoms with E-state index in [0.717, 1.165) is 41.2 Å². The summed E-state index contributed by atoms with van der Waals surface area (Å²) >= 11 is 47.4. The Labute approximate surface area is 839 Å². The van der Waals surface area contributed by atoms with Crippen LogP contribution in [0.5, 0.6) is 5.75 Å². The molecule has 0 aromatic heterocycles. The first-order chi connectivity index (χ1) is 63.1. The van der Waals surface area contributed by atoms with Gasteiger partial charge in [0.15, 0.2) is 11.6 Å². The molecule has 12 aromatic rings. The van der Waals surface area contributed by atoms with Gasteiger partial charge in [-0.25, -0.2) is 52.7 Å². The maximum Gasteiger partial charge on any atom is 0.163 e. The predicted octanol–water partition coefficient (Wildman–Crippen LogP) is 37.3. The van der Waals surface area contributed by atoms with Gasteiger partial charge in [0.05, 0.1) is 42.3 Å². The number of aryl methyl sites for hydroxylation is 1. The lowest BCUT2D eigenvalue weighted by molar-refractivity contribution is 0.0934. The molecule has 13 rings (SSSR count). The van der Waals surface area contributed by atoms with Crippen LogP contribution in [-0.4, -0.2) is 30.4 Å². The van der Waals surface area contributed by atoms with Crippen molar-refractivity contribution in [2.45, 2.75) is 229 Å². The van der Waals surface area contributed by atoms with Crippen molar-refractivity contribution < 1.29 is 72.1 Å². The highest BCUT2D eigenvalue weighted by Gasteiger charge is 2.31. The van der Waals surface area contributed by atoms with E-state index in [0.29, 0.717) is 119 Å². The molecule has 5 nitrogen and oxygen atoms in total. The summed E-state index contributed by atoms with van der Waals surface area (Å²) in [4.78, 5) is 24.1. The Morgan fingerprint density at radius 1 is 0.321 bits per heavy atom. The lowest BCUT2D eigenvalue weighted by Crippen LogP contribution is -2.18. The molecule has 0 spiro atoms. The molecular formula is C112H117Cl8F12NO4. The van der Waals surface area contributed by atoms with Gasteiger partial charge < -0.3 is 15.6 Å². The number of halogens is 20. The zero-order valence-corrected chi connectivity index (χ0v) is 87.2. The Kier molecular flexibility index (Phi) is 39.9. The van der Waals surface area contributed by atoms with Crippen LogP contribution < -0.4 is 10.5 Å². The van der Waals surface area contributed by atoms with Gasteiger partial charge in [-0.05, 0) is 309 Å². The van der Waals surface area contributed by atoms with Crippen molar-refractivity contribution in [1.82, 2.24) is 0 Å². The fraction of sp³-hybridized carbons (Fsp3) is 0.339. The summed E-state index contributed by atoms with van der Waals surface area (Å²) in [5.74, 6) is -4.66. The molecular weight excluding hydrogens is 1930 g/mol. The number of hydrogen-bond donors (Lipinski definition) is 2. The summed E-state index contributed by atoms with van der Waals surface area (Å²) in [6.07, 6.45) is 4.68. The molecule has 137 heavy (non-hydrogen) atoms. The molecule has 0 atom stereocenters. The molecule has 0 heterocycles. The highest BCUT2D eigenvalue weighted by molar-refractivity contribution is 6.34. The lowest BCUT2D eigenvalue weighted by Gasteiger charge is -2.25. The van der Waals surface area contributed by atoms with Crippen LogP contribution in [0.3, 0.4) is 0 Å². The largest absolute Gasteiger partial charge is 0.497 e. The van der Waals surface area contributed by atoms with Crippen molar-refractivity contribution in [3.63, 3.8) is 0 Å². The number of methoxy groups -OCH3 is 1. The number of ether oxygens (including phenoxy) is 1. The average Bonchev–Trinajstić information content (AvgIpc) is 0.801. The van der Waals surface area contributed by atoms with E-state index in [1.54, 1.807) is 60.7 Å². The number of nitrogens with two attached hydrogens (primary N) is 1. The van der Waals surface area contributed by atoms with Crippen LogP contribution in [-0.2, 0) is 37.9 Å². The standard InChI is InChI=1S/C17H17ClF2O.C17H17ClF2.C16H14Cl2F2.C16H14ClF3.C16H17ClFN.C16H20ClFO.C14H18ClFO2/c1-17(2,3)14-7-11(8-15(18)16(14)20)10-5-12(19)9-13(6-10)21-4;1-10-5-11(7-13(19)6-10)12-8-14(17(2,3)4)16(20)15(18)9-12;1-16(2,3)13-6-10(7-14(18)15(13)20)9-4-11(17)8-12(19)5-9;1-16(2,3)13-6-10(7-14(17)15(13)20)9-4-11(18)8-12(19)5-9;1-16(2,3)13-8-11(9-14(17)15(13)18)10-4-6-12(19)7-5-10;1-16(2,3)12-8-11(9-13(17)15(12)18)14(19)7-10-5-4-6-10;1-14(2,3)10-7-9(8-11(15)13(10)16)12(18)5-4-6-17/h5-9H,1-4H3;5-9H,1-4H3;2*4-8H,1-3H3;4-9H,19H2,1-3H3;8-10H,4-7H2,1-3H3;7-8,17H,4-6H2,1-3H3. The summed E-state index contributed by atoms with van der Waals surface area (Å²) in [5, 5.41) is 9.22. The molecule has 25 heteroatoms. The number of carbonyl (C=O) groups is 2. The Morgan fingerprint density at radius 3 is 0.876 bits per heavy atom. The van der Waals surface area contributed by atoms with Crippen molar-refractivity contribution in [2.75, 3.05) is 19.5 Å². The third-order valence-corrected chi connectivity index (χ3v) is 24.4. The number of ketones is 2. The maximum absolute atomic E-state index is 14.2. The molecule has 0 bridgehead atoms. The quantitative estimate of drug-likeness (QED) is 0.0682. The molecule has 1 fully saturated rings. The van der Waals surface area contributed by atoms with Crippen LogP contribution in [0.2, 0.25) is 40.2 Å². The molecule has 3 N–H and O–H groups in total. The average molecular weight is 2050 g/mol. The smallest absolute Gasteiger partial charge is 0.163 e. The second-order valence-electron chi connectivity index (χ2n) is 41.0. The summed E-state index contributed by atoms with van der Waals surface area (Å²) in [7, 11) is 1.47. The van der Waals surface area contributed by atoms with Gasteiger partial charge in [0.25, 0.3) is 0 Å². The molecule has 0 saturated heterocycles. The molecule has 1 saturated carbocycles. The molecule has 0 amide bonds. The highest BCUT2D eigenvalue weighted by Crippen LogP contribution is 2.44. The van der Waals surface area contributed by atoms with E-state index >= 15 is 0 Å². The fourth-order valence-electron chi connectivity index (χ4n) is 14.4. The predicted molar refractivity (Wildman–Crippen MR) is 545 cm³/mol. The highest BCUT2D eigenvalue weighted by atomic mass is 35.5. The third-order valence-electron chi connectivity index (χ3n) is 22.2. The summed E-state index contributed by atoms with van der Waals surface area (Å²) in [5.41, 5.74) is 15.5. The second kappa shape index (κ2) is 47.5. The molecule has 1 aliphatic rings. The van der Waals surface area contributed by atoms with Crippen LogP contribution in [0.25, 0.3) is 55.6 Å². The minimum absolute atomic E-state index is 0.0211. The van der Waals surface area contributed by atoms with E-state index in [1.165, 1.54) is 92.4 Å². The number of aliphatic hydroxyl groups is 1. The van der Waals surface area contributed by atoms with Crippen LogP contribution in [0.1, 0.15) is 249 Å². The van der Waals surface area contributed by atoms with Crippen LogP contribution in [0.4, 0.5) is 58.4 Å². The van der Waals surface area contributed by atoms with E-state index in [9.17, 15) is 62.3 Å². The van der Waals surface area contributed by atoms with Gasteiger partial charge in [-0.2, -0.15) is 0 Å². The first kappa shape index (κ1) is 115. The summed E-state index contributed by atoms with van der Waals surface area (Å²) < 4.78 is 171. The first-order valence-electron chi connectivity index (χ1n) is 44.2. The number of benzene rings is 12. The summed E-state index contributed by atoms with van der Waals surface area (Å²) in [6.45, 7) is 41.7. The van der Waals surface area contributed by atoms with Gasteiger partial charge >= 0.3 is 0 Å². The number of anilines is 1. The molecule has 12 aromatic carbocycles. The lowest BCUT2D eigenvalue weighted by atomic mass is 9.80. The third kappa shape index (κ3) is 32.5. The van der Waals surface area contributed by atoms with Crippen molar-refractivity contribution in [2.24, 2.45) is 5.92 Å². The van der Waals surface area contributed by atoms with Crippen LogP contribution in [0, 0.1) is 82.6 Å². The number of hydrogen-bond acceptors (Lipinski definition) is 5. The van der Waals surface area contributed by atoms with Crippen LogP contribution >= 0.6 is 92.8 Å². The van der Waals surface area contributed by atoms with Gasteiger partial charge in [0.1, 0.15) is 75.6 Å². The van der Waals surface area contributed by atoms with Crippen LogP contribution in [0.15, 0.2) is 182 Å². The van der Waals surface area contributed by atoms with Crippen molar-refractivity contribution in [3.8, 4) is 61.4 Å².